The van der Waals surface area contributed by atoms with Crippen molar-refractivity contribution in [3.05, 3.63) is 71.3 Å². The summed E-state index contributed by atoms with van der Waals surface area (Å²) in [6, 6.07) is 14.5. The Morgan fingerprint density at radius 1 is 0.952 bits per heavy atom. The van der Waals surface area contributed by atoms with Gasteiger partial charge in [-0.2, -0.15) is 13.2 Å². The van der Waals surface area contributed by atoms with Crippen LogP contribution in [0.4, 0.5) is 13.2 Å². The fraction of sp³-hybridized carbons (Fsp3) is 0.294. The largest absolute Gasteiger partial charge is 0.416 e. The maximum atomic E-state index is 13.2. The van der Waals surface area contributed by atoms with E-state index in [4.69, 9.17) is 0 Å². The molecule has 0 bridgehead atoms. The highest BCUT2D eigenvalue weighted by atomic mass is 19.4. The van der Waals surface area contributed by atoms with E-state index in [9.17, 15) is 13.2 Å². The SMILES string of the molecule is CCCNC(c1ccccc1)c1ccccc1C(F)(F)F. The van der Waals surface area contributed by atoms with Crippen LogP contribution in [-0.2, 0) is 6.18 Å². The van der Waals surface area contributed by atoms with E-state index in [-0.39, 0.29) is 5.56 Å². The monoisotopic (exact) mass is 293 g/mol. The van der Waals surface area contributed by atoms with Crippen molar-refractivity contribution >= 4 is 0 Å². The molecule has 0 spiro atoms. The lowest BCUT2D eigenvalue weighted by Gasteiger charge is -2.23. The van der Waals surface area contributed by atoms with Gasteiger partial charge in [0.25, 0.3) is 0 Å². The number of alkyl halides is 3. The highest BCUT2D eigenvalue weighted by Crippen LogP contribution is 2.36. The number of halogens is 3. The van der Waals surface area contributed by atoms with Crippen molar-refractivity contribution in [1.29, 1.82) is 0 Å². The second-order valence-corrected chi connectivity index (χ2v) is 4.88. The summed E-state index contributed by atoms with van der Waals surface area (Å²) in [7, 11) is 0. The molecule has 112 valence electrons. The van der Waals surface area contributed by atoms with E-state index in [0.717, 1.165) is 18.1 Å². The van der Waals surface area contributed by atoms with Crippen LogP contribution >= 0.6 is 0 Å². The zero-order valence-electron chi connectivity index (χ0n) is 11.8. The van der Waals surface area contributed by atoms with Gasteiger partial charge < -0.3 is 5.32 Å². The summed E-state index contributed by atoms with van der Waals surface area (Å²) in [5.74, 6) is 0. The average molecular weight is 293 g/mol. The van der Waals surface area contributed by atoms with Crippen LogP contribution in [0.3, 0.4) is 0 Å². The molecule has 0 saturated carbocycles. The third-order valence-electron chi connectivity index (χ3n) is 3.31. The van der Waals surface area contributed by atoms with Gasteiger partial charge in [-0.3, -0.25) is 0 Å². The second-order valence-electron chi connectivity index (χ2n) is 4.88. The molecule has 0 saturated heterocycles. The molecular formula is C17H18F3N. The van der Waals surface area contributed by atoms with Gasteiger partial charge in [0.15, 0.2) is 0 Å². The Morgan fingerprint density at radius 2 is 1.57 bits per heavy atom. The van der Waals surface area contributed by atoms with Crippen LogP contribution in [0.15, 0.2) is 54.6 Å². The lowest BCUT2D eigenvalue weighted by molar-refractivity contribution is -0.138. The molecule has 2 rings (SSSR count). The van der Waals surface area contributed by atoms with Gasteiger partial charge in [0, 0.05) is 0 Å². The fourth-order valence-corrected chi connectivity index (χ4v) is 2.35. The molecule has 21 heavy (non-hydrogen) atoms. The topological polar surface area (TPSA) is 12.0 Å². The van der Waals surface area contributed by atoms with Gasteiger partial charge in [0.2, 0.25) is 0 Å². The van der Waals surface area contributed by atoms with E-state index in [2.05, 4.69) is 5.32 Å². The third kappa shape index (κ3) is 3.85. The van der Waals surface area contributed by atoms with Crippen LogP contribution in [0.25, 0.3) is 0 Å². The van der Waals surface area contributed by atoms with Crippen LogP contribution in [-0.4, -0.2) is 6.54 Å². The summed E-state index contributed by atoms with van der Waals surface area (Å²) in [5, 5.41) is 3.21. The maximum absolute atomic E-state index is 13.2. The standard InChI is InChI=1S/C17H18F3N/c1-2-12-21-16(13-8-4-3-5-9-13)14-10-6-7-11-15(14)17(18,19)20/h3-11,16,21H,2,12H2,1H3. The summed E-state index contributed by atoms with van der Waals surface area (Å²) < 4.78 is 39.7. The van der Waals surface area contributed by atoms with Crippen molar-refractivity contribution in [1.82, 2.24) is 5.32 Å². The van der Waals surface area contributed by atoms with E-state index < -0.39 is 17.8 Å². The van der Waals surface area contributed by atoms with E-state index in [1.807, 2.05) is 37.3 Å². The average Bonchev–Trinajstić information content (AvgIpc) is 2.48. The molecule has 0 fully saturated rings. The Morgan fingerprint density at radius 3 is 2.19 bits per heavy atom. The zero-order chi connectivity index (χ0) is 15.3. The van der Waals surface area contributed by atoms with Crippen LogP contribution < -0.4 is 5.32 Å². The Balaban J connectivity index is 2.47. The number of benzene rings is 2. The van der Waals surface area contributed by atoms with Crippen LogP contribution in [0.5, 0.6) is 0 Å². The van der Waals surface area contributed by atoms with Crippen molar-refractivity contribution in [3.63, 3.8) is 0 Å². The summed E-state index contributed by atoms with van der Waals surface area (Å²) in [6.07, 6.45) is -3.49. The quantitative estimate of drug-likeness (QED) is 0.835. The Bertz CT molecular complexity index is 564. The Labute approximate surface area is 122 Å². The number of hydrogen-bond acceptors (Lipinski definition) is 1. The van der Waals surface area contributed by atoms with Crippen molar-refractivity contribution in [2.45, 2.75) is 25.6 Å². The van der Waals surface area contributed by atoms with E-state index in [0.29, 0.717) is 6.54 Å². The first kappa shape index (κ1) is 15.6. The molecule has 4 heteroatoms. The number of rotatable bonds is 5. The van der Waals surface area contributed by atoms with Gasteiger partial charge >= 0.3 is 6.18 Å². The Kier molecular flexibility index (Phi) is 5.02. The molecule has 0 radical (unpaired) electrons. The summed E-state index contributed by atoms with van der Waals surface area (Å²) in [6.45, 7) is 2.65. The number of hydrogen-bond donors (Lipinski definition) is 1. The van der Waals surface area contributed by atoms with Crippen LogP contribution in [0.2, 0.25) is 0 Å². The normalized spacial score (nSPS) is 13.1. The highest BCUT2D eigenvalue weighted by molar-refractivity contribution is 5.38. The van der Waals surface area contributed by atoms with Gasteiger partial charge in [0.05, 0.1) is 11.6 Å². The lowest BCUT2D eigenvalue weighted by Crippen LogP contribution is -2.25. The zero-order valence-corrected chi connectivity index (χ0v) is 11.8. The molecule has 0 aliphatic rings. The highest BCUT2D eigenvalue weighted by Gasteiger charge is 2.35. The van der Waals surface area contributed by atoms with Gasteiger partial charge in [-0.15, -0.1) is 0 Å². The van der Waals surface area contributed by atoms with Gasteiger partial charge in [-0.05, 0) is 30.2 Å². The molecule has 2 aromatic carbocycles. The van der Waals surface area contributed by atoms with Gasteiger partial charge in [-0.1, -0.05) is 55.5 Å². The third-order valence-corrected chi connectivity index (χ3v) is 3.31. The maximum Gasteiger partial charge on any atom is 0.416 e. The van der Waals surface area contributed by atoms with Gasteiger partial charge in [0.1, 0.15) is 0 Å². The predicted molar refractivity (Wildman–Crippen MR) is 78.0 cm³/mol. The van der Waals surface area contributed by atoms with E-state index >= 15 is 0 Å². The molecule has 1 unspecified atom stereocenters. The van der Waals surface area contributed by atoms with Crippen molar-refractivity contribution in [2.24, 2.45) is 0 Å². The minimum absolute atomic E-state index is 0.268. The first-order valence-corrected chi connectivity index (χ1v) is 6.98. The molecular weight excluding hydrogens is 275 g/mol. The van der Waals surface area contributed by atoms with Crippen molar-refractivity contribution < 1.29 is 13.2 Å². The molecule has 0 heterocycles. The summed E-state index contributed by atoms with van der Waals surface area (Å²) >= 11 is 0. The molecule has 0 amide bonds. The van der Waals surface area contributed by atoms with Crippen LogP contribution in [0, 0.1) is 0 Å². The fourth-order valence-electron chi connectivity index (χ4n) is 2.35. The van der Waals surface area contributed by atoms with Crippen molar-refractivity contribution in [2.75, 3.05) is 6.54 Å². The second kappa shape index (κ2) is 6.76. The molecule has 1 N–H and O–H groups in total. The number of nitrogens with one attached hydrogen (secondary N) is 1. The molecule has 1 nitrogen and oxygen atoms in total. The summed E-state index contributed by atoms with van der Waals surface area (Å²) in [5.41, 5.74) is 0.523. The van der Waals surface area contributed by atoms with E-state index in [1.165, 1.54) is 6.07 Å². The lowest BCUT2D eigenvalue weighted by atomic mass is 9.94. The smallest absolute Gasteiger partial charge is 0.306 e. The van der Waals surface area contributed by atoms with E-state index in [1.54, 1.807) is 12.1 Å². The van der Waals surface area contributed by atoms with Crippen molar-refractivity contribution in [3.8, 4) is 0 Å². The minimum Gasteiger partial charge on any atom is -0.306 e. The first-order valence-electron chi connectivity index (χ1n) is 6.98. The molecule has 0 aromatic heterocycles. The molecule has 0 aliphatic heterocycles. The minimum atomic E-state index is -4.35. The predicted octanol–water partition coefficient (Wildman–Crippen LogP) is 4.79. The Hall–Kier alpha value is -1.81. The first-order chi connectivity index (χ1) is 10.0. The summed E-state index contributed by atoms with van der Waals surface area (Å²) in [4.78, 5) is 0. The van der Waals surface area contributed by atoms with Crippen LogP contribution in [0.1, 0.15) is 36.1 Å². The van der Waals surface area contributed by atoms with Gasteiger partial charge in [-0.25, -0.2) is 0 Å². The molecule has 0 aliphatic carbocycles. The molecule has 1 atom stereocenters. The molecule has 2 aromatic rings.